The van der Waals surface area contributed by atoms with E-state index in [0.717, 1.165) is 6.42 Å². The maximum absolute atomic E-state index is 12.5. The van der Waals surface area contributed by atoms with E-state index in [9.17, 15) is 13.5 Å². The minimum absolute atomic E-state index is 0.0697. The van der Waals surface area contributed by atoms with E-state index < -0.39 is 16.2 Å². The quantitative estimate of drug-likeness (QED) is 0.428. The first-order valence-electron chi connectivity index (χ1n) is 9.07. The molecule has 0 saturated carbocycles. The molecule has 3 aromatic rings. The average Bonchev–Trinajstić information content (AvgIpc) is 2.72. The zero-order chi connectivity index (χ0) is 19.8. The van der Waals surface area contributed by atoms with E-state index in [2.05, 4.69) is 17.4 Å². The molecule has 5 nitrogen and oxygen atoms in total. The van der Waals surface area contributed by atoms with Crippen LogP contribution in [0.1, 0.15) is 17.2 Å². The maximum Gasteiger partial charge on any atom is 0.339 e. The zero-order valence-corrected chi connectivity index (χ0v) is 16.2. The number of hydrogen-bond donors (Lipinski definition) is 2. The van der Waals surface area contributed by atoms with Crippen LogP contribution in [0.5, 0.6) is 5.75 Å². The standard InChI is InChI=1S/C22H23NO4S/c24-21(17-23-16-15-18-9-3-1-4-10-18)20-13-7-8-14-22(20)27-28(25,26)19-11-5-2-6-12-19/h1-14,21,23-24H,15-17H2/t21-/m0/s1. The molecule has 0 spiro atoms. The van der Waals surface area contributed by atoms with Crippen molar-refractivity contribution in [1.29, 1.82) is 0 Å². The molecule has 0 aromatic heterocycles. The van der Waals surface area contributed by atoms with Gasteiger partial charge in [0.2, 0.25) is 0 Å². The largest absolute Gasteiger partial charge is 0.387 e. The van der Waals surface area contributed by atoms with Crippen LogP contribution in [0.2, 0.25) is 0 Å². The van der Waals surface area contributed by atoms with Crippen LogP contribution in [0.15, 0.2) is 89.8 Å². The highest BCUT2D eigenvalue weighted by Gasteiger charge is 2.20. The predicted octanol–water partition coefficient (Wildman–Crippen LogP) is 3.32. The molecule has 0 bridgehead atoms. The molecule has 3 rings (SSSR count). The Hall–Kier alpha value is -2.67. The highest BCUT2D eigenvalue weighted by Crippen LogP contribution is 2.27. The third-order valence-corrected chi connectivity index (χ3v) is 5.53. The summed E-state index contributed by atoms with van der Waals surface area (Å²) < 4.78 is 30.2. The summed E-state index contributed by atoms with van der Waals surface area (Å²) >= 11 is 0. The van der Waals surface area contributed by atoms with Crippen LogP contribution in [0, 0.1) is 0 Å². The smallest absolute Gasteiger partial charge is 0.339 e. The third-order valence-electron chi connectivity index (χ3n) is 4.28. The molecule has 0 amide bonds. The van der Waals surface area contributed by atoms with Crippen molar-refractivity contribution in [3.63, 3.8) is 0 Å². The Kier molecular flexibility index (Phi) is 6.81. The highest BCUT2D eigenvalue weighted by molar-refractivity contribution is 7.87. The molecule has 0 aliphatic heterocycles. The lowest BCUT2D eigenvalue weighted by Crippen LogP contribution is -2.24. The molecule has 3 aromatic carbocycles. The van der Waals surface area contributed by atoms with Gasteiger partial charge in [0, 0.05) is 12.1 Å². The van der Waals surface area contributed by atoms with Gasteiger partial charge in [-0.05, 0) is 36.7 Å². The lowest BCUT2D eigenvalue weighted by atomic mass is 10.1. The second-order valence-corrected chi connectivity index (χ2v) is 7.89. The molecule has 2 N–H and O–H groups in total. The number of rotatable bonds is 9. The highest BCUT2D eigenvalue weighted by atomic mass is 32.2. The van der Waals surface area contributed by atoms with E-state index in [4.69, 9.17) is 4.18 Å². The average molecular weight is 397 g/mol. The first-order chi connectivity index (χ1) is 13.6. The zero-order valence-electron chi connectivity index (χ0n) is 15.4. The van der Waals surface area contributed by atoms with Crippen LogP contribution in [0.4, 0.5) is 0 Å². The summed E-state index contributed by atoms with van der Waals surface area (Å²) in [6, 6.07) is 24.6. The minimum atomic E-state index is -3.96. The number of aliphatic hydroxyl groups excluding tert-OH is 1. The Bertz CT molecular complexity index is 976. The maximum atomic E-state index is 12.5. The van der Waals surface area contributed by atoms with Gasteiger partial charge < -0.3 is 14.6 Å². The van der Waals surface area contributed by atoms with Crippen molar-refractivity contribution in [3.8, 4) is 5.75 Å². The number of hydrogen-bond acceptors (Lipinski definition) is 5. The normalized spacial score (nSPS) is 12.5. The van der Waals surface area contributed by atoms with Crippen LogP contribution in [0.25, 0.3) is 0 Å². The summed E-state index contributed by atoms with van der Waals surface area (Å²) in [4.78, 5) is 0.0697. The molecule has 0 unspecified atom stereocenters. The van der Waals surface area contributed by atoms with E-state index in [1.807, 2.05) is 18.2 Å². The second-order valence-electron chi connectivity index (χ2n) is 6.34. The van der Waals surface area contributed by atoms with Gasteiger partial charge >= 0.3 is 10.1 Å². The molecular weight excluding hydrogens is 374 g/mol. The van der Waals surface area contributed by atoms with Crippen molar-refractivity contribution < 1.29 is 17.7 Å². The fourth-order valence-corrected chi connectivity index (χ4v) is 3.79. The Morgan fingerprint density at radius 1 is 0.857 bits per heavy atom. The molecule has 1 atom stereocenters. The summed E-state index contributed by atoms with van der Waals surface area (Å²) in [5.74, 6) is 0.128. The summed E-state index contributed by atoms with van der Waals surface area (Å²) in [6.07, 6.45) is -0.0494. The Morgan fingerprint density at radius 2 is 1.46 bits per heavy atom. The number of benzene rings is 3. The van der Waals surface area contributed by atoms with Crippen molar-refractivity contribution in [2.75, 3.05) is 13.1 Å². The molecule has 0 saturated heterocycles. The molecule has 0 heterocycles. The van der Waals surface area contributed by atoms with Gasteiger partial charge in [-0.2, -0.15) is 8.42 Å². The SMILES string of the molecule is O=S(=O)(Oc1ccccc1[C@@H](O)CNCCc1ccccc1)c1ccccc1. The molecule has 0 aliphatic carbocycles. The lowest BCUT2D eigenvalue weighted by molar-refractivity contribution is 0.173. The third kappa shape index (κ3) is 5.42. The molecule has 146 valence electrons. The van der Waals surface area contributed by atoms with E-state index in [1.165, 1.54) is 17.7 Å². The monoisotopic (exact) mass is 397 g/mol. The predicted molar refractivity (Wildman–Crippen MR) is 109 cm³/mol. The first kappa shape index (κ1) is 20.1. The Balaban J connectivity index is 1.63. The van der Waals surface area contributed by atoms with Crippen LogP contribution < -0.4 is 9.50 Å². The first-order valence-corrected chi connectivity index (χ1v) is 10.5. The summed E-state index contributed by atoms with van der Waals surface area (Å²) in [6.45, 7) is 0.991. The molecule has 0 aliphatic rings. The van der Waals surface area contributed by atoms with Crippen LogP contribution in [-0.4, -0.2) is 26.6 Å². The van der Waals surface area contributed by atoms with Crippen LogP contribution >= 0.6 is 0 Å². The van der Waals surface area contributed by atoms with Gasteiger partial charge in [0.25, 0.3) is 0 Å². The molecule has 28 heavy (non-hydrogen) atoms. The molecule has 6 heteroatoms. The number of nitrogens with one attached hydrogen (secondary N) is 1. The van der Waals surface area contributed by atoms with E-state index in [1.54, 1.807) is 42.5 Å². The topological polar surface area (TPSA) is 75.6 Å². The number of aliphatic hydroxyl groups is 1. The van der Waals surface area contributed by atoms with Crippen molar-refractivity contribution in [2.45, 2.75) is 17.4 Å². The van der Waals surface area contributed by atoms with Crippen molar-refractivity contribution in [1.82, 2.24) is 5.32 Å². The molecule has 0 radical (unpaired) electrons. The fourth-order valence-electron chi connectivity index (χ4n) is 2.81. The summed E-state index contributed by atoms with van der Waals surface area (Å²) in [7, 11) is -3.96. The molecular formula is C22H23NO4S. The van der Waals surface area contributed by atoms with Gasteiger partial charge in [-0.15, -0.1) is 0 Å². The van der Waals surface area contributed by atoms with E-state index in [0.29, 0.717) is 18.7 Å². The van der Waals surface area contributed by atoms with Gasteiger partial charge in [0.15, 0.2) is 0 Å². The van der Waals surface area contributed by atoms with Crippen LogP contribution in [-0.2, 0) is 16.5 Å². The minimum Gasteiger partial charge on any atom is -0.387 e. The Labute approximate surface area is 165 Å². The second kappa shape index (κ2) is 9.50. The fraction of sp³-hybridized carbons (Fsp3) is 0.182. The van der Waals surface area contributed by atoms with Gasteiger partial charge in [-0.1, -0.05) is 66.7 Å². The Morgan fingerprint density at radius 3 is 2.18 bits per heavy atom. The lowest BCUT2D eigenvalue weighted by Gasteiger charge is -2.16. The van der Waals surface area contributed by atoms with Gasteiger partial charge in [-0.3, -0.25) is 0 Å². The van der Waals surface area contributed by atoms with Gasteiger partial charge in [0.05, 0.1) is 6.10 Å². The summed E-state index contributed by atoms with van der Waals surface area (Å²) in [5.41, 5.74) is 1.64. The van der Waals surface area contributed by atoms with E-state index in [-0.39, 0.29) is 10.6 Å². The van der Waals surface area contributed by atoms with Gasteiger partial charge in [0.1, 0.15) is 10.6 Å². The molecule has 0 fully saturated rings. The summed E-state index contributed by atoms with van der Waals surface area (Å²) in [5, 5.41) is 13.7. The van der Waals surface area contributed by atoms with Gasteiger partial charge in [-0.25, -0.2) is 0 Å². The van der Waals surface area contributed by atoms with Crippen molar-refractivity contribution in [3.05, 3.63) is 96.1 Å². The van der Waals surface area contributed by atoms with Crippen molar-refractivity contribution >= 4 is 10.1 Å². The van der Waals surface area contributed by atoms with Crippen LogP contribution in [0.3, 0.4) is 0 Å². The van der Waals surface area contributed by atoms with E-state index >= 15 is 0 Å². The number of para-hydroxylation sites is 1. The van der Waals surface area contributed by atoms with Crippen molar-refractivity contribution in [2.24, 2.45) is 0 Å².